The van der Waals surface area contributed by atoms with Crippen molar-refractivity contribution in [1.82, 2.24) is 0 Å². The Kier molecular flexibility index (Phi) is 3.68. The SMILES string of the molecule is Cc1ccc(Oc2cccc(C(C)N)c2)c(C)c1. The number of aryl methyl sites for hydroxylation is 2. The Balaban J connectivity index is 2.25. The molecule has 0 fully saturated rings. The Morgan fingerprint density at radius 1 is 1.06 bits per heavy atom. The van der Waals surface area contributed by atoms with Gasteiger partial charge in [-0.15, -0.1) is 0 Å². The third-order valence-corrected chi connectivity index (χ3v) is 2.94. The van der Waals surface area contributed by atoms with Crippen LogP contribution >= 0.6 is 0 Å². The first-order chi connectivity index (χ1) is 8.56. The van der Waals surface area contributed by atoms with Gasteiger partial charge in [-0.3, -0.25) is 0 Å². The minimum absolute atomic E-state index is 0.0210. The summed E-state index contributed by atoms with van der Waals surface area (Å²) in [6, 6.07) is 14.1. The van der Waals surface area contributed by atoms with Gasteiger partial charge in [0, 0.05) is 6.04 Å². The molecule has 0 radical (unpaired) electrons. The van der Waals surface area contributed by atoms with E-state index >= 15 is 0 Å². The number of ether oxygens (including phenoxy) is 1. The molecule has 2 rings (SSSR count). The highest BCUT2D eigenvalue weighted by atomic mass is 16.5. The fourth-order valence-corrected chi connectivity index (χ4v) is 1.90. The van der Waals surface area contributed by atoms with E-state index in [1.165, 1.54) is 5.56 Å². The zero-order valence-electron chi connectivity index (χ0n) is 11.1. The predicted octanol–water partition coefficient (Wildman–Crippen LogP) is 4.12. The van der Waals surface area contributed by atoms with E-state index in [0.717, 1.165) is 22.6 Å². The molecule has 2 aromatic carbocycles. The quantitative estimate of drug-likeness (QED) is 0.877. The molecule has 0 aliphatic heterocycles. The highest BCUT2D eigenvalue weighted by Gasteiger charge is 2.04. The minimum Gasteiger partial charge on any atom is -0.457 e. The van der Waals surface area contributed by atoms with Gasteiger partial charge in [-0.1, -0.05) is 29.8 Å². The molecule has 0 aliphatic carbocycles. The van der Waals surface area contributed by atoms with Gasteiger partial charge in [-0.2, -0.15) is 0 Å². The van der Waals surface area contributed by atoms with Gasteiger partial charge in [-0.25, -0.2) is 0 Å². The number of nitrogens with two attached hydrogens (primary N) is 1. The fraction of sp³-hybridized carbons (Fsp3) is 0.250. The predicted molar refractivity (Wildman–Crippen MR) is 75.0 cm³/mol. The van der Waals surface area contributed by atoms with E-state index in [4.69, 9.17) is 10.5 Å². The van der Waals surface area contributed by atoms with Crippen LogP contribution in [0.5, 0.6) is 11.5 Å². The van der Waals surface area contributed by atoms with E-state index in [-0.39, 0.29) is 6.04 Å². The van der Waals surface area contributed by atoms with Crippen molar-refractivity contribution >= 4 is 0 Å². The smallest absolute Gasteiger partial charge is 0.130 e. The first-order valence-corrected chi connectivity index (χ1v) is 6.17. The molecule has 94 valence electrons. The molecule has 1 atom stereocenters. The van der Waals surface area contributed by atoms with Gasteiger partial charge in [-0.05, 0) is 50.1 Å². The molecule has 2 heteroatoms. The van der Waals surface area contributed by atoms with E-state index in [9.17, 15) is 0 Å². The van der Waals surface area contributed by atoms with Gasteiger partial charge in [0.15, 0.2) is 0 Å². The molecular weight excluding hydrogens is 222 g/mol. The average Bonchev–Trinajstić information content (AvgIpc) is 2.33. The van der Waals surface area contributed by atoms with E-state index in [1.54, 1.807) is 0 Å². The third kappa shape index (κ3) is 2.90. The van der Waals surface area contributed by atoms with Crippen molar-refractivity contribution in [2.75, 3.05) is 0 Å². The fourth-order valence-electron chi connectivity index (χ4n) is 1.90. The third-order valence-electron chi connectivity index (χ3n) is 2.94. The van der Waals surface area contributed by atoms with Crippen molar-refractivity contribution in [3.8, 4) is 11.5 Å². The van der Waals surface area contributed by atoms with Crippen LogP contribution in [0.2, 0.25) is 0 Å². The molecule has 0 bridgehead atoms. The van der Waals surface area contributed by atoms with Crippen molar-refractivity contribution in [3.63, 3.8) is 0 Å². The molecule has 0 heterocycles. The molecule has 0 saturated heterocycles. The lowest BCUT2D eigenvalue weighted by Crippen LogP contribution is -2.04. The van der Waals surface area contributed by atoms with Gasteiger partial charge in [0.2, 0.25) is 0 Å². The lowest BCUT2D eigenvalue weighted by molar-refractivity contribution is 0.477. The molecule has 2 N–H and O–H groups in total. The van der Waals surface area contributed by atoms with Gasteiger partial charge < -0.3 is 10.5 Å². The number of rotatable bonds is 3. The summed E-state index contributed by atoms with van der Waals surface area (Å²) in [5.74, 6) is 1.72. The zero-order valence-corrected chi connectivity index (χ0v) is 11.1. The zero-order chi connectivity index (χ0) is 13.1. The highest BCUT2D eigenvalue weighted by Crippen LogP contribution is 2.27. The van der Waals surface area contributed by atoms with Crippen LogP contribution in [-0.2, 0) is 0 Å². The van der Waals surface area contributed by atoms with Gasteiger partial charge in [0.1, 0.15) is 11.5 Å². The maximum Gasteiger partial charge on any atom is 0.130 e. The first-order valence-electron chi connectivity index (χ1n) is 6.17. The van der Waals surface area contributed by atoms with Crippen LogP contribution in [0.4, 0.5) is 0 Å². The summed E-state index contributed by atoms with van der Waals surface area (Å²) < 4.78 is 5.90. The molecule has 0 amide bonds. The Morgan fingerprint density at radius 3 is 2.50 bits per heavy atom. The molecule has 0 aliphatic rings. The van der Waals surface area contributed by atoms with Crippen LogP contribution < -0.4 is 10.5 Å². The van der Waals surface area contributed by atoms with Crippen LogP contribution in [0.15, 0.2) is 42.5 Å². The molecule has 0 saturated carbocycles. The maximum atomic E-state index is 5.90. The van der Waals surface area contributed by atoms with E-state index in [0.29, 0.717) is 0 Å². The summed E-state index contributed by atoms with van der Waals surface area (Å²) in [4.78, 5) is 0. The molecule has 2 aromatic rings. The Labute approximate surface area is 108 Å². The number of hydrogen-bond donors (Lipinski definition) is 1. The summed E-state index contributed by atoms with van der Waals surface area (Å²) in [5, 5.41) is 0. The molecular formula is C16H19NO. The summed E-state index contributed by atoms with van der Waals surface area (Å²) in [6.07, 6.45) is 0. The lowest BCUT2D eigenvalue weighted by atomic mass is 10.1. The largest absolute Gasteiger partial charge is 0.457 e. The first kappa shape index (κ1) is 12.7. The number of hydrogen-bond acceptors (Lipinski definition) is 2. The highest BCUT2D eigenvalue weighted by molar-refractivity contribution is 5.40. The summed E-state index contributed by atoms with van der Waals surface area (Å²) >= 11 is 0. The Bertz CT molecular complexity index is 547. The van der Waals surface area contributed by atoms with Crippen molar-refractivity contribution < 1.29 is 4.74 Å². The minimum atomic E-state index is 0.0210. The van der Waals surface area contributed by atoms with E-state index < -0.39 is 0 Å². The van der Waals surface area contributed by atoms with Crippen LogP contribution in [0.1, 0.15) is 29.7 Å². The van der Waals surface area contributed by atoms with Crippen molar-refractivity contribution in [2.45, 2.75) is 26.8 Å². The molecule has 0 aromatic heterocycles. The van der Waals surface area contributed by atoms with Crippen molar-refractivity contribution in [1.29, 1.82) is 0 Å². The molecule has 18 heavy (non-hydrogen) atoms. The Hall–Kier alpha value is -1.80. The van der Waals surface area contributed by atoms with E-state index in [1.807, 2.05) is 37.3 Å². The van der Waals surface area contributed by atoms with Gasteiger partial charge in [0.05, 0.1) is 0 Å². The van der Waals surface area contributed by atoms with Crippen LogP contribution in [0, 0.1) is 13.8 Å². The van der Waals surface area contributed by atoms with Crippen molar-refractivity contribution in [3.05, 3.63) is 59.2 Å². The number of benzene rings is 2. The maximum absolute atomic E-state index is 5.90. The molecule has 1 unspecified atom stereocenters. The van der Waals surface area contributed by atoms with Crippen molar-refractivity contribution in [2.24, 2.45) is 5.73 Å². The Morgan fingerprint density at radius 2 is 1.83 bits per heavy atom. The second-order valence-electron chi connectivity index (χ2n) is 4.73. The topological polar surface area (TPSA) is 35.2 Å². The van der Waals surface area contributed by atoms with Crippen LogP contribution in [0.3, 0.4) is 0 Å². The van der Waals surface area contributed by atoms with Gasteiger partial charge in [0.25, 0.3) is 0 Å². The summed E-state index contributed by atoms with van der Waals surface area (Å²) in [7, 11) is 0. The second-order valence-corrected chi connectivity index (χ2v) is 4.73. The summed E-state index contributed by atoms with van der Waals surface area (Å²) in [5.41, 5.74) is 9.33. The van der Waals surface area contributed by atoms with Crippen LogP contribution in [0.25, 0.3) is 0 Å². The second kappa shape index (κ2) is 5.23. The molecule has 0 spiro atoms. The lowest BCUT2D eigenvalue weighted by Gasteiger charge is -2.11. The monoisotopic (exact) mass is 241 g/mol. The van der Waals surface area contributed by atoms with Gasteiger partial charge >= 0.3 is 0 Å². The average molecular weight is 241 g/mol. The van der Waals surface area contributed by atoms with E-state index in [2.05, 4.69) is 26.0 Å². The molecule has 2 nitrogen and oxygen atoms in total. The summed E-state index contributed by atoms with van der Waals surface area (Å²) in [6.45, 7) is 6.10. The normalized spacial score (nSPS) is 12.2. The van der Waals surface area contributed by atoms with Crippen LogP contribution in [-0.4, -0.2) is 0 Å². The standard InChI is InChI=1S/C16H19NO/c1-11-7-8-16(12(2)9-11)18-15-6-4-5-14(10-15)13(3)17/h4-10,13H,17H2,1-3H3.